The van der Waals surface area contributed by atoms with Crippen LogP contribution in [0.3, 0.4) is 0 Å². The largest absolute Gasteiger partial charge is 0.254 e. The molecule has 6 heteroatoms. The molecule has 3 N–H and O–H groups in total. The Hall–Kier alpha value is 0.910. The molecule has 2 bridgehead atoms. The molecule has 0 amide bonds. The lowest BCUT2D eigenvalue weighted by molar-refractivity contribution is 0.683. The van der Waals surface area contributed by atoms with Gasteiger partial charge >= 0.3 is 0 Å². The van der Waals surface area contributed by atoms with Crippen LogP contribution < -0.4 is 14.6 Å². The predicted molar refractivity (Wildman–Crippen MR) is 61.9 cm³/mol. The zero-order valence-electron chi connectivity index (χ0n) is 7.30. The van der Waals surface area contributed by atoms with Gasteiger partial charge in [-0.2, -0.15) is 0 Å². The molecular formula is C7H14N3P3. The summed E-state index contributed by atoms with van der Waals surface area (Å²) in [6.45, 7) is 0. The number of hydrogen-bond acceptors (Lipinski definition) is 3. The molecule has 3 aliphatic rings. The molecule has 0 aromatic carbocycles. The monoisotopic (exact) mass is 233 g/mol. The second kappa shape index (κ2) is 3.81. The van der Waals surface area contributed by atoms with E-state index in [0.29, 0.717) is 0 Å². The van der Waals surface area contributed by atoms with E-state index >= 15 is 0 Å². The molecule has 1 heterocycles. The van der Waals surface area contributed by atoms with Crippen LogP contribution in [0.2, 0.25) is 0 Å². The molecule has 1 aliphatic heterocycles. The third-order valence-electron chi connectivity index (χ3n) is 3.02. The fourth-order valence-electron chi connectivity index (χ4n) is 2.43. The summed E-state index contributed by atoms with van der Waals surface area (Å²) in [4.78, 5) is 10.4. The van der Waals surface area contributed by atoms with E-state index in [1.807, 2.05) is 0 Å². The summed E-state index contributed by atoms with van der Waals surface area (Å²) in [6, 6.07) is 0. The van der Waals surface area contributed by atoms with E-state index in [-0.39, 0.29) is 8.22 Å². The van der Waals surface area contributed by atoms with Gasteiger partial charge in [-0.25, -0.2) is 9.72 Å². The number of hydrogen-bond donors (Lipinski definition) is 3. The van der Waals surface area contributed by atoms with Gasteiger partial charge in [-0.05, 0) is 36.4 Å². The number of allylic oxidation sites excluding steroid dienone is 2. The molecule has 2 fully saturated rings. The molecule has 72 valence electrons. The van der Waals surface area contributed by atoms with Gasteiger partial charge in [-0.15, -0.1) is 0 Å². The van der Waals surface area contributed by atoms with E-state index in [0.717, 1.165) is 29.6 Å². The fourth-order valence-corrected chi connectivity index (χ4v) is 7.74. The van der Waals surface area contributed by atoms with Crippen molar-refractivity contribution in [2.75, 3.05) is 0 Å². The standard InChI is InChI=1S/C7H14N3P3/c1-2-6-3-5(1)4-7(6)13-9-11-8-12-10-13/h4-6,8-12H,1-3H2. The number of nitrogens with one attached hydrogen (secondary N) is 3. The summed E-state index contributed by atoms with van der Waals surface area (Å²) < 4.78 is 0. The highest BCUT2D eigenvalue weighted by Gasteiger charge is 2.36. The molecule has 13 heavy (non-hydrogen) atoms. The van der Waals surface area contributed by atoms with Crippen molar-refractivity contribution in [2.45, 2.75) is 19.3 Å². The maximum Gasteiger partial charge on any atom is 0.0715 e. The summed E-state index contributed by atoms with van der Waals surface area (Å²) in [6.07, 6.45) is 6.87. The van der Waals surface area contributed by atoms with E-state index in [1.54, 1.807) is 5.31 Å². The van der Waals surface area contributed by atoms with E-state index in [2.05, 4.69) is 20.6 Å². The average Bonchev–Trinajstić information content (AvgIpc) is 2.80. The molecule has 1 saturated carbocycles. The molecule has 0 radical (unpaired) electrons. The number of fused-ring (bicyclic) bond motifs is 2. The first-order valence-electron chi connectivity index (χ1n) is 4.71. The molecule has 0 aromatic rings. The quantitative estimate of drug-likeness (QED) is 0.608. The van der Waals surface area contributed by atoms with Crippen LogP contribution in [-0.2, 0) is 0 Å². The van der Waals surface area contributed by atoms with Crippen molar-refractivity contribution < 1.29 is 0 Å². The molecule has 0 aromatic heterocycles. The molecule has 0 spiro atoms. The highest BCUT2D eigenvalue weighted by Crippen LogP contribution is 2.58. The SMILES string of the molecule is C1=C(P2NPNPN2)C2CCC1C2. The Bertz CT molecular complexity index is 239. The summed E-state index contributed by atoms with van der Waals surface area (Å²) in [5, 5.41) is 1.72. The summed E-state index contributed by atoms with van der Waals surface area (Å²) >= 11 is 0. The van der Waals surface area contributed by atoms with Gasteiger partial charge in [0.1, 0.15) is 0 Å². The van der Waals surface area contributed by atoms with E-state index < -0.39 is 0 Å². The minimum atomic E-state index is -0.164. The van der Waals surface area contributed by atoms with Crippen molar-refractivity contribution in [3.05, 3.63) is 11.4 Å². The first-order valence-corrected chi connectivity index (χ1v) is 8.06. The Balaban J connectivity index is 1.74. The predicted octanol–water partition coefficient (Wildman–Crippen LogP) is 2.41. The Morgan fingerprint density at radius 3 is 2.77 bits per heavy atom. The van der Waals surface area contributed by atoms with Crippen molar-refractivity contribution in [3.8, 4) is 0 Å². The Morgan fingerprint density at radius 1 is 1.31 bits per heavy atom. The highest BCUT2D eigenvalue weighted by atomic mass is 31.2. The van der Waals surface area contributed by atoms with Gasteiger partial charge in [0.25, 0.3) is 0 Å². The van der Waals surface area contributed by atoms with Gasteiger partial charge in [0.15, 0.2) is 0 Å². The molecular weight excluding hydrogens is 219 g/mol. The van der Waals surface area contributed by atoms with E-state index in [4.69, 9.17) is 0 Å². The first kappa shape index (κ1) is 9.16. The maximum absolute atomic E-state index is 3.55. The molecule has 1 saturated heterocycles. The van der Waals surface area contributed by atoms with Gasteiger partial charge in [-0.1, -0.05) is 6.08 Å². The lowest BCUT2D eigenvalue weighted by Crippen LogP contribution is -2.18. The van der Waals surface area contributed by atoms with Crippen LogP contribution in [0.25, 0.3) is 0 Å². The highest BCUT2D eigenvalue weighted by molar-refractivity contribution is 7.76. The third-order valence-corrected chi connectivity index (χ3v) is 7.73. The zero-order valence-corrected chi connectivity index (χ0v) is 10.2. The third kappa shape index (κ3) is 1.72. The van der Waals surface area contributed by atoms with Crippen molar-refractivity contribution in [2.24, 2.45) is 11.8 Å². The van der Waals surface area contributed by atoms with Gasteiger partial charge in [0, 0.05) is 17.8 Å². The van der Waals surface area contributed by atoms with Crippen LogP contribution in [0.1, 0.15) is 19.3 Å². The minimum Gasteiger partial charge on any atom is -0.254 e. The lowest BCUT2D eigenvalue weighted by atomic mass is 10.1. The Labute approximate surface area is 83.5 Å². The smallest absolute Gasteiger partial charge is 0.0715 e. The van der Waals surface area contributed by atoms with Gasteiger partial charge in [-0.3, -0.25) is 4.86 Å². The van der Waals surface area contributed by atoms with E-state index in [9.17, 15) is 0 Å². The summed E-state index contributed by atoms with van der Waals surface area (Å²) in [5.41, 5.74) is 0. The minimum absolute atomic E-state index is 0.164. The van der Waals surface area contributed by atoms with Gasteiger partial charge in [0.2, 0.25) is 0 Å². The lowest BCUT2D eigenvalue weighted by Gasteiger charge is -2.29. The van der Waals surface area contributed by atoms with Crippen LogP contribution >= 0.6 is 26.0 Å². The van der Waals surface area contributed by atoms with Crippen molar-refractivity contribution in [1.82, 2.24) is 14.6 Å². The second-order valence-electron chi connectivity index (χ2n) is 3.80. The van der Waals surface area contributed by atoms with Crippen LogP contribution in [0, 0.1) is 11.8 Å². The zero-order chi connectivity index (χ0) is 8.67. The van der Waals surface area contributed by atoms with Gasteiger partial charge < -0.3 is 0 Å². The van der Waals surface area contributed by atoms with Crippen LogP contribution in [0.4, 0.5) is 0 Å². The van der Waals surface area contributed by atoms with Crippen molar-refractivity contribution in [3.63, 3.8) is 0 Å². The van der Waals surface area contributed by atoms with Crippen LogP contribution in [0.15, 0.2) is 11.4 Å². The molecule has 3 rings (SSSR count). The van der Waals surface area contributed by atoms with Crippen LogP contribution in [0.5, 0.6) is 0 Å². The Kier molecular flexibility index (Phi) is 2.69. The van der Waals surface area contributed by atoms with Crippen LogP contribution in [-0.4, -0.2) is 0 Å². The molecule has 2 aliphatic carbocycles. The topological polar surface area (TPSA) is 36.1 Å². The average molecular weight is 233 g/mol. The van der Waals surface area contributed by atoms with E-state index in [1.165, 1.54) is 19.3 Å². The Morgan fingerprint density at radius 2 is 2.15 bits per heavy atom. The molecule has 3 nitrogen and oxygen atoms in total. The number of rotatable bonds is 1. The molecule has 4 atom stereocenters. The van der Waals surface area contributed by atoms with Crippen molar-refractivity contribution in [1.29, 1.82) is 0 Å². The normalized spacial score (nSPS) is 47.4. The summed E-state index contributed by atoms with van der Waals surface area (Å²) in [5.74, 6) is 1.84. The van der Waals surface area contributed by atoms with Crippen molar-refractivity contribution >= 4 is 26.0 Å². The summed E-state index contributed by atoms with van der Waals surface area (Å²) in [7, 11) is 1.34. The molecule has 4 unspecified atom stereocenters. The first-order chi connectivity index (χ1) is 6.43. The fraction of sp³-hybridized carbons (Fsp3) is 0.714. The van der Waals surface area contributed by atoms with Gasteiger partial charge in [0.05, 0.1) is 8.22 Å². The maximum atomic E-state index is 3.55. The second-order valence-corrected chi connectivity index (χ2v) is 8.27.